The predicted molar refractivity (Wildman–Crippen MR) is 115 cm³/mol. The first-order valence-electron chi connectivity index (χ1n) is 10.7. The molecule has 2 atom stereocenters. The number of carbonyl (C=O) groups excluding carboxylic acids is 1. The Morgan fingerprint density at radius 3 is 2.42 bits per heavy atom. The number of benzene rings is 2. The Kier molecular flexibility index (Phi) is 7.39. The molecule has 0 heterocycles. The highest BCUT2D eigenvalue weighted by Crippen LogP contribution is 2.46. The molecule has 0 aromatic heterocycles. The third-order valence-corrected chi connectivity index (χ3v) is 5.62. The zero-order valence-corrected chi connectivity index (χ0v) is 17.9. The summed E-state index contributed by atoms with van der Waals surface area (Å²) in [7, 11) is 0. The van der Waals surface area contributed by atoms with Gasteiger partial charge in [-0.2, -0.15) is 0 Å². The number of hydrogen-bond donors (Lipinski definition) is 0. The zero-order chi connectivity index (χ0) is 22.4. The molecule has 0 saturated carbocycles. The van der Waals surface area contributed by atoms with Crippen LogP contribution in [0.25, 0.3) is 11.1 Å². The van der Waals surface area contributed by atoms with Crippen molar-refractivity contribution in [1.82, 2.24) is 0 Å². The van der Waals surface area contributed by atoms with Crippen LogP contribution in [0.1, 0.15) is 44.2 Å². The fourth-order valence-electron chi connectivity index (χ4n) is 4.00. The molecular weight excluding hydrogens is 398 g/mol. The third kappa shape index (κ3) is 4.62. The second-order valence-electron chi connectivity index (χ2n) is 7.69. The van der Waals surface area contributed by atoms with E-state index in [9.17, 15) is 14.3 Å². The number of ether oxygens (including phenoxy) is 1. The summed E-state index contributed by atoms with van der Waals surface area (Å²) in [5, 5.41) is 11.2. The van der Waals surface area contributed by atoms with Gasteiger partial charge >= 0.3 is 0 Å². The Morgan fingerprint density at radius 2 is 1.77 bits per heavy atom. The monoisotopic (exact) mass is 425 g/mol. The molecule has 3 nitrogen and oxygen atoms in total. The number of rotatable bonds is 9. The second kappa shape index (κ2) is 10.0. The Labute approximate surface area is 182 Å². The van der Waals surface area contributed by atoms with E-state index in [0.717, 1.165) is 30.9 Å². The Morgan fingerprint density at radius 1 is 1.06 bits per heavy atom. The summed E-state index contributed by atoms with van der Waals surface area (Å²) in [4.78, 5) is 11.2. The van der Waals surface area contributed by atoms with E-state index in [0.29, 0.717) is 11.1 Å². The lowest BCUT2D eigenvalue weighted by atomic mass is 9.80. The van der Waals surface area contributed by atoms with E-state index in [4.69, 9.17) is 4.74 Å². The van der Waals surface area contributed by atoms with E-state index < -0.39 is 29.1 Å². The van der Waals surface area contributed by atoms with Gasteiger partial charge in [-0.15, -0.1) is 0 Å². The van der Waals surface area contributed by atoms with E-state index >= 15 is 4.39 Å². The highest BCUT2D eigenvalue weighted by Gasteiger charge is 2.44. The molecule has 2 aromatic carbocycles. The fourth-order valence-corrected chi connectivity index (χ4v) is 4.00. The van der Waals surface area contributed by atoms with Crippen molar-refractivity contribution in [3.8, 4) is 11.1 Å². The summed E-state index contributed by atoms with van der Waals surface area (Å²) in [6.07, 6.45) is 6.84. The van der Waals surface area contributed by atoms with Gasteiger partial charge in [0.25, 0.3) is 0 Å². The summed E-state index contributed by atoms with van der Waals surface area (Å²) >= 11 is 0. The molecule has 0 radical (unpaired) electrons. The molecular formula is C26H27F2O3-. The number of carboxylic acid groups (broad SMARTS) is 1. The first kappa shape index (κ1) is 22.9. The van der Waals surface area contributed by atoms with Crippen molar-refractivity contribution in [3.05, 3.63) is 83.5 Å². The first-order valence-corrected chi connectivity index (χ1v) is 10.7. The third-order valence-electron chi connectivity index (χ3n) is 5.62. The van der Waals surface area contributed by atoms with Crippen LogP contribution < -0.4 is 5.11 Å². The molecule has 0 bridgehead atoms. The molecule has 0 fully saturated rings. The minimum absolute atomic E-state index is 0.103. The molecule has 5 heteroatoms. The summed E-state index contributed by atoms with van der Waals surface area (Å²) in [6, 6.07) is 15.1. The van der Waals surface area contributed by atoms with Gasteiger partial charge in [-0.05, 0) is 42.5 Å². The molecule has 31 heavy (non-hydrogen) atoms. The van der Waals surface area contributed by atoms with E-state index in [2.05, 4.69) is 6.92 Å². The minimum Gasteiger partial charge on any atom is -0.549 e. The van der Waals surface area contributed by atoms with E-state index in [1.807, 2.05) is 36.4 Å². The van der Waals surface area contributed by atoms with Gasteiger partial charge in [0.1, 0.15) is 5.83 Å². The standard InChI is InChI=1S/C26H28F2O3/c1-3-5-6-9-18-12-14-19(15-13-18)20-10-7-8-11-22(20)26(31-4-2)17-16-21(25(29)30)23(27)24(26)28/h7-8,10-17,21H,3-6,9H2,1-2H3,(H,29,30)/p-1. The van der Waals surface area contributed by atoms with Gasteiger partial charge in [0.15, 0.2) is 11.4 Å². The summed E-state index contributed by atoms with van der Waals surface area (Å²) < 4.78 is 35.8. The molecule has 2 unspecified atom stereocenters. The van der Waals surface area contributed by atoms with Crippen LogP contribution in [0.4, 0.5) is 8.78 Å². The molecule has 164 valence electrons. The topological polar surface area (TPSA) is 49.4 Å². The number of carboxylic acids is 1. The van der Waals surface area contributed by atoms with Crippen molar-refractivity contribution in [2.75, 3.05) is 6.61 Å². The molecule has 0 aliphatic heterocycles. The second-order valence-corrected chi connectivity index (χ2v) is 7.69. The Hall–Kier alpha value is -2.79. The van der Waals surface area contributed by atoms with Crippen LogP contribution in [-0.2, 0) is 21.6 Å². The van der Waals surface area contributed by atoms with E-state index in [1.165, 1.54) is 18.1 Å². The SMILES string of the molecule is CCCCCc1ccc(-c2ccccc2C2(OCC)C=CC(C(=O)[O-])C(F)=C2F)cc1. The number of unbranched alkanes of at least 4 members (excludes halogenated alkanes) is 2. The highest BCUT2D eigenvalue weighted by atomic mass is 19.2. The summed E-state index contributed by atoms with van der Waals surface area (Å²) in [5.74, 6) is -6.10. The van der Waals surface area contributed by atoms with Crippen LogP contribution >= 0.6 is 0 Å². The molecule has 0 amide bonds. The lowest BCUT2D eigenvalue weighted by Crippen LogP contribution is -2.38. The van der Waals surface area contributed by atoms with E-state index in [-0.39, 0.29) is 6.61 Å². The number of aryl methyl sites for hydroxylation is 1. The first-order chi connectivity index (χ1) is 14.9. The summed E-state index contributed by atoms with van der Waals surface area (Å²) in [5.41, 5.74) is 1.34. The van der Waals surface area contributed by atoms with Crippen LogP contribution in [-0.4, -0.2) is 12.6 Å². The van der Waals surface area contributed by atoms with Gasteiger partial charge in [0.05, 0.1) is 11.9 Å². The van der Waals surface area contributed by atoms with Crippen LogP contribution in [0.2, 0.25) is 0 Å². The van der Waals surface area contributed by atoms with Crippen molar-refractivity contribution >= 4 is 5.97 Å². The minimum atomic E-state index is -1.83. The number of hydrogen-bond acceptors (Lipinski definition) is 3. The van der Waals surface area contributed by atoms with Gasteiger partial charge in [0, 0.05) is 12.2 Å². The van der Waals surface area contributed by atoms with Gasteiger partial charge in [-0.3, -0.25) is 0 Å². The Bertz CT molecular complexity index is 978. The maximum Gasteiger partial charge on any atom is 0.173 e. The average Bonchev–Trinajstić information content (AvgIpc) is 2.78. The van der Waals surface area contributed by atoms with Crippen LogP contribution in [0.15, 0.2) is 72.3 Å². The van der Waals surface area contributed by atoms with Crippen molar-refractivity contribution in [1.29, 1.82) is 0 Å². The lowest BCUT2D eigenvalue weighted by molar-refractivity contribution is -0.309. The van der Waals surface area contributed by atoms with Crippen molar-refractivity contribution in [2.24, 2.45) is 5.92 Å². The van der Waals surface area contributed by atoms with Crippen molar-refractivity contribution in [2.45, 2.75) is 45.1 Å². The largest absolute Gasteiger partial charge is 0.549 e. The normalized spacial score (nSPS) is 20.8. The van der Waals surface area contributed by atoms with Gasteiger partial charge in [0.2, 0.25) is 0 Å². The Balaban J connectivity index is 2.05. The van der Waals surface area contributed by atoms with Crippen molar-refractivity contribution in [3.63, 3.8) is 0 Å². The molecule has 2 aromatic rings. The zero-order valence-electron chi connectivity index (χ0n) is 17.9. The maximum absolute atomic E-state index is 15.3. The van der Waals surface area contributed by atoms with Gasteiger partial charge < -0.3 is 14.6 Å². The molecule has 1 aliphatic carbocycles. The number of halogens is 2. The fraction of sp³-hybridized carbons (Fsp3) is 0.346. The number of aliphatic carboxylic acids is 1. The van der Waals surface area contributed by atoms with Gasteiger partial charge in [-0.1, -0.05) is 74.4 Å². The number of carbonyl (C=O) groups is 1. The summed E-state index contributed by atoms with van der Waals surface area (Å²) in [6.45, 7) is 3.95. The smallest absolute Gasteiger partial charge is 0.173 e. The molecule has 0 spiro atoms. The highest BCUT2D eigenvalue weighted by molar-refractivity contribution is 5.76. The molecule has 0 saturated heterocycles. The quantitative estimate of drug-likeness (QED) is 0.399. The van der Waals surface area contributed by atoms with E-state index in [1.54, 1.807) is 19.1 Å². The average molecular weight is 425 g/mol. The van der Waals surface area contributed by atoms with Crippen molar-refractivity contribution < 1.29 is 23.4 Å². The van der Waals surface area contributed by atoms with Crippen LogP contribution in [0, 0.1) is 5.92 Å². The molecule has 3 rings (SSSR count). The predicted octanol–water partition coefficient (Wildman–Crippen LogP) is 5.40. The molecule has 1 aliphatic rings. The lowest BCUT2D eigenvalue weighted by Gasteiger charge is -2.35. The van der Waals surface area contributed by atoms with Crippen LogP contribution in [0.5, 0.6) is 0 Å². The molecule has 0 N–H and O–H groups in total. The maximum atomic E-state index is 15.3. The van der Waals surface area contributed by atoms with Gasteiger partial charge in [-0.25, -0.2) is 8.78 Å². The van der Waals surface area contributed by atoms with Crippen LogP contribution in [0.3, 0.4) is 0 Å².